The molecule has 0 saturated heterocycles. The number of amides is 1. The fourth-order valence-corrected chi connectivity index (χ4v) is 3.53. The van der Waals surface area contributed by atoms with Crippen molar-refractivity contribution in [3.05, 3.63) is 35.5 Å². The van der Waals surface area contributed by atoms with Gasteiger partial charge in [0.1, 0.15) is 5.60 Å². The minimum atomic E-state index is -0.469. The van der Waals surface area contributed by atoms with Crippen LogP contribution in [0.25, 0.3) is 10.9 Å². The highest BCUT2D eigenvalue weighted by molar-refractivity contribution is 5.85. The first-order valence-corrected chi connectivity index (χ1v) is 9.16. The molecule has 1 heterocycles. The van der Waals surface area contributed by atoms with Gasteiger partial charge in [0.25, 0.3) is 0 Å². The van der Waals surface area contributed by atoms with Crippen LogP contribution in [0, 0.1) is 0 Å². The van der Waals surface area contributed by atoms with Crippen LogP contribution in [0.2, 0.25) is 0 Å². The van der Waals surface area contributed by atoms with Crippen molar-refractivity contribution < 1.29 is 9.53 Å². The predicted octanol–water partition coefficient (Wildman–Crippen LogP) is 4.05. The van der Waals surface area contributed by atoms with Crippen molar-refractivity contribution in [2.24, 2.45) is 0 Å². The SMILES string of the molecule is CC(CNC(=O)OC(C)(C)C)NC1CCCc2c1[nH]c1ccccc21. The van der Waals surface area contributed by atoms with Crippen molar-refractivity contribution in [3.8, 4) is 0 Å². The Morgan fingerprint density at radius 2 is 2.12 bits per heavy atom. The number of nitrogens with one attached hydrogen (secondary N) is 3. The van der Waals surface area contributed by atoms with Crippen molar-refractivity contribution in [1.29, 1.82) is 0 Å². The lowest BCUT2D eigenvalue weighted by atomic mass is 9.91. The van der Waals surface area contributed by atoms with E-state index in [2.05, 4.69) is 46.8 Å². The van der Waals surface area contributed by atoms with Gasteiger partial charge in [-0.2, -0.15) is 0 Å². The van der Waals surface area contributed by atoms with E-state index in [9.17, 15) is 4.79 Å². The van der Waals surface area contributed by atoms with Crippen LogP contribution >= 0.6 is 0 Å². The standard InChI is InChI=1S/C20H29N3O2/c1-13(12-21-19(24)25-20(2,3)4)22-17-11-7-9-15-14-8-5-6-10-16(14)23-18(15)17/h5-6,8,10,13,17,22-23H,7,9,11-12H2,1-4H3,(H,21,24). The molecule has 2 aromatic rings. The molecule has 1 aromatic carbocycles. The van der Waals surface area contributed by atoms with E-state index in [1.807, 2.05) is 20.8 Å². The summed E-state index contributed by atoms with van der Waals surface area (Å²) < 4.78 is 5.29. The highest BCUT2D eigenvalue weighted by atomic mass is 16.6. The van der Waals surface area contributed by atoms with Gasteiger partial charge in [-0.25, -0.2) is 4.79 Å². The van der Waals surface area contributed by atoms with E-state index in [4.69, 9.17) is 4.74 Å². The lowest BCUT2D eigenvalue weighted by molar-refractivity contribution is 0.0522. The summed E-state index contributed by atoms with van der Waals surface area (Å²) in [5.74, 6) is 0. The number of rotatable bonds is 4. The van der Waals surface area contributed by atoms with Crippen LogP contribution in [0.15, 0.2) is 24.3 Å². The van der Waals surface area contributed by atoms with Crippen LogP contribution in [0.1, 0.15) is 57.8 Å². The third kappa shape index (κ3) is 4.34. The molecule has 5 heteroatoms. The molecule has 3 N–H and O–H groups in total. The molecule has 5 nitrogen and oxygen atoms in total. The Labute approximate surface area is 149 Å². The second-order valence-corrected chi connectivity index (χ2v) is 7.96. The summed E-state index contributed by atoms with van der Waals surface area (Å²) in [6.07, 6.45) is 3.05. The van der Waals surface area contributed by atoms with Gasteiger partial charge < -0.3 is 20.4 Å². The first-order valence-electron chi connectivity index (χ1n) is 9.16. The molecule has 2 atom stereocenters. The van der Waals surface area contributed by atoms with Gasteiger partial charge >= 0.3 is 6.09 Å². The van der Waals surface area contributed by atoms with Gasteiger partial charge in [-0.05, 0) is 58.6 Å². The normalized spacial score (nSPS) is 18.6. The molecule has 136 valence electrons. The number of hydrogen-bond acceptors (Lipinski definition) is 3. The maximum absolute atomic E-state index is 11.8. The molecular weight excluding hydrogens is 314 g/mol. The first-order chi connectivity index (χ1) is 11.8. The average Bonchev–Trinajstić information content (AvgIpc) is 2.91. The summed E-state index contributed by atoms with van der Waals surface area (Å²) in [5.41, 5.74) is 3.48. The van der Waals surface area contributed by atoms with Gasteiger partial charge in [-0.15, -0.1) is 0 Å². The number of aromatic amines is 1. The van der Waals surface area contributed by atoms with Gasteiger partial charge in [-0.3, -0.25) is 0 Å². The molecule has 0 spiro atoms. The fraction of sp³-hybridized carbons (Fsp3) is 0.550. The number of benzene rings is 1. The van der Waals surface area contributed by atoms with E-state index >= 15 is 0 Å². The maximum Gasteiger partial charge on any atom is 0.407 e. The summed E-state index contributed by atoms with van der Waals surface area (Å²) >= 11 is 0. The van der Waals surface area contributed by atoms with Gasteiger partial charge in [0.15, 0.2) is 0 Å². The molecule has 0 bridgehead atoms. The zero-order valence-corrected chi connectivity index (χ0v) is 15.6. The lowest BCUT2D eigenvalue weighted by Gasteiger charge is -2.27. The van der Waals surface area contributed by atoms with E-state index in [1.54, 1.807) is 0 Å². The largest absolute Gasteiger partial charge is 0.444 e. The summed E-state index contributed by atoms with van der Waals surface area (Å²) in [6.45, 7) is 8.24. The van der Waals surface area contributed by atoms with E-state index in [1.165, 1.54) is 28.6 Å². The molecule has 0 fully saturated rings. The Hall–Kier alpha value is -2.01. The maximum atomic E-state index is 11.8. The fourth-order valence-electron chi connectivity index (χ4n) is 3.53. The van der Waals surface area contributed by atoms with Crippen molar-refractivity contribution in [3.63, 3.8) is 0 Å². The number of para-hydroxylation sites is 1. The van der Waals surface area contributed by atoms with Crippen LogP contribution in [0.3, 0.4) is 0 Å². The summed E-state index contributed by atoms with van der Waals surface area (Å²) in [4.78, 5) is 15.4. The minimum Gasteiger partial charge on any atom is -0.444 e. The molecular formula is C20H29N3O2. The number of carbonyl (C=O) groups excluding carboxylic acids is 1. The number of alkyl carbamates (subject to hydrolysis) is 1. The van der Waals surface area contributed by atoms with E-state index < -0.39 is 5.60 Å². The summed E-state index contributed by atoms with van der Waals surface area (Å²) in [5, 5.41) is 7.83. The molecule has 2 unspecified atom stereocenters. The van der Waals surface area contributed by atoms with Crippen LogP contribution < -0.4 is 10.6 Å². The number of fused-ring (bicyclic) bond motifs is 3. The van der Waals surface area contributed by atoms with Crippen molar-refractivity contribution in [2.45, 2.75) is 64.6 Å². The topological polar surface area (TPSA) is 66.2 Å². The van der Waals surface area contributed by atoms with Crippen LogP contribution in [0.5, 0.6) is 0 Å². The summed E-state index contributed by atoms with van der Waals surface area (Å²) in [6, 6.07) is 8.96. The average molecular weight is 343 g/mol. The summed E-state index contributed by atoms with van der Waals surface area (Å²) in [7, 11) is 0. The zero-order chi connectivity index (χ0) is 18.0. The van der Waals surface area contributed by atoms with Crippen LogP contribution in [0.4, 0.5) is 4.79 Å². The molecule has 25 heavy (non-hydrogen) atoms. The predicted molar refractivity (Wildman–Crippen MR) is 101 cm³/mol. The van der Waals surface area contributed by atoms with Crippen molar-refractivity contribution in [2.75, 3.05) is 6.54 Å². The van der Waals surface area contributed by atoms with Gasteiger partial charge in [-0.1, -0.05) is 18.2 Å². The van der Waals surface area contributed by atoms with Crippen molar-refractivity contribution >= 4 is 17.0 Å². The minimum absolute atomic E-state index is 0.162. The number of hydrogen-bond donors (Lipinski definition) is 3. The Kier molecular flexibility index (Phi) is 5.04. The Morgan fingerprint density at radius 3 is 2.88 bits per heavy atom. The van der Waals surface area contributed by atoms with Gasteiger partial charge in [0.05, 0.1) is 0 Å². The second kappa shape index (κ2) is 7.08. The van der Waals surface area contributed by atoms with E-state index in [0.29, 0.717) is 12.6 Å². The highest BCUT2D eigenvalue weighted by Gasteiger charge is 2.25. The number of aryl methyl sites for hydroxylation is 1. The van der Waals surface area contributed by atoms with Crippen molar-refractivity contribution in [1.82, 2.24) is 15.6 Å². The second-order valence-electron chi connectivity index (χ2n) is 7.96. The Morgan fingerprint density at radius 1 is 1.36 bits per heavy atom. The number of H-pyrrole nitrogens is 1. The third-order valence-electron chi connectivity index (χ3n) is 4.55. The third-order valence-corrected chi connectivity index (χ3v) is 4.55. The zero-order valence-electron chi connectivity index (χ0n) is 15.6. The molecule has 0 radical (unpaired) electrons. The molecule has 0 saturated carbocycles. The van der Waals surface area contributed by atoms with Crippen LogP contribution in [-0.2, 0) is 11.2 Å². The molecule has 0 aliphatic heterocycles. The smallest absolute Gasteiger partial charge is 0.407 e. The highest BCUT2D eigenvalue weighted by Crippen LogP contribution is 2.34. The quantitative estimate of drug-likeness (QED) is 0.785. The van der Waals surface area contributed by atoms with E-state index in [0.717, 1.165) is 12.8 Å². The number of ether oxygens (including phenoxy) is 1. The van der Waals surface area contributed by atoms with Gasteiger partial charge in [0.2, 0.25) is 0 Å². The first kappa shape index (κ1) is 17.8. The Bertz CT molecular complexity index is 745. The molecule has 1 aromatic heterocycles. The molecule has 1 aliphatic rings. The number of carbonyl (C=O) groups is 1. The monoisotopic (exact) mass is 343 g/mol. The van der Waals surface area contributed by atoms with E-state index in [-0.39, 0.29) is 12.1 Å². The number of aromatic nitrogens is 1. The van der Waals surface area contributed by atoms with Crippen LogP contribution in [-0.4, -0.2) is 29.3 Å². The lowest BCUT2D eigenvalue weighted by Crippen LogP contribution is -2.43. The molecule has 1 aliphatic carbocycles. The molecule has 1 amide bonds. The Balaban J connectivity index is 1.62. The van der Waals surface area contributed by atoms with Gasteiger partial charge in [0, 0.05) is 35.2 Å². The molecule has 3 rings (SSSR count).